The van der Waals surface area contributed by atoms with Gasteiger partial charge in [-0.1, -0.05) is 133 Å². The quantitative estimate of drug-likeness (QED) is 0.185. The van der Waals surface area contributed by atoms with Crippen LogP contribution in [0.1, 0.15) is 0 Å². The van der Waals surface area contributed by atoms with Crippen LogP contribution in [0.5, 0.6) is 0 Å². The molecule has 0 aliphatic heterocycles. The minimum atomic E-state index is 0.602. The predicted octanol–water partition coefficient (Wildman–Crippen LogP) is 12.5. The summed E-state index contributed by atoms with van der Waals surface area (Å²) in [6.45, 7) is 0. The van der Waals surface area contributed by atoms with E-state index in [-0.39, 0.29) is 0 Å². The third-order valence-electron chi connectivity index (χ3n) is 9.36. The van der Waals surface area contributed by atoms with Gasteiger partial charge in [0.1, 0.15) is 11.2 Å². The van der Waals surface area contributed by atoms with Crippen molar-refractivity contribution in [2.24, 2.45) is 0 Å². The van der Waals surface area contributed by atoms with Gasteiger partial charge in [0.15, 0.2) is 17.5 Å². The van der Waals surface area contributed by atoms with E-state index in [9.17, 15) is 0 Å². The van der Waals surface area contributed by atoms with Crippen LogP contribution < -0.4 is 0 Å². The monoisotopic (exact) mass is 657 g/mol. The summed E-state index contributed by atoms with van der Waals surface area (Å²) >= 11 is 1.86. The van der Waals surface area contributed by atoms with E-state index in [4.69, 9.17) is 19.4 Å². The Hall–Kier alpha value is -6.43. The highest BCUT2D eigenvalue weighted by Gasteiger charge is 2.17. The lowest BCUT2D eigenvalue weighted by molar-refractivity contribution is 0.669. The molecule has 234 valence electrons. The Kier molecular flexibility index (Phi) is 6.64. The van der Waals surface area contributed by atoms with Gasteiger partial charge in [-0.15, -0.1) is 11.3 Å². The van der Waals surface area contributed by atoms with Crippen LogP contribution in [0.15, 0.2) is 168 Å². The number of nitrogens with zero attached hydrogens (tertiary/aromatic N) is 3. The second-order valence-corrected chi connectivity index (χ2v) is 13.4. The maximum Gasteiger partial charge on any atom is 0.164 e. The largest absolute Gasteiger partial charge is 0.456 e. The zero-order valence-electron chi connectivity index (χ0n) is 26.7. The highest BCUT2D eigenvalue weighted by Crippen LogP contribution is 2.43. The lowest BCUT2D eigenvalue weighted by Crippen LogP contribution is -2.00. The SMILES string of the molecule is c1ccc(-c2nc(-c3ccccc3)nc(-c3ccc4c(c3)oc3ccc(-c5ccccc5-c5cccc6c5sc5ccccc56)cc34)n2)cc1. The molecule has 0 aliphatic carbocycles. The molecule has 0 fully saturated rings. The summed E-state index contributed by atoms with van der Waals surface area (Å²) in [5.41, 5.74) is 9.20. The molecule has 3 heterocycles. The fraction of sp³-hybridized carbons (Fsp3) is 0. The molecule has 0 radical (unpaired) electrons. The molecule has 0 saturated heterocycles. The molecule has 10 aromatic rings. The Morgan fingerprint density at radius 2 is 0.960 bits per heavy atom. The van der Waals surface area contributed by atoms with Crippen molar-refractivity contribution in [1.29, 1.82) is 0 Å². The number of furan rings is 1. The van der Waals surface area contributed by atoms with E-state index in [0.717, 1.165) is 44.2 Å². The average molecular weight is 658 g/mol. The topological polar surface area (TPSA) is 51.8 Å². The van der Waals surface area contributed by atoms with Crippen molar-refractivity contribution in [2.45, 2.75) is 0 Å². The van der Waals surface area contributed by atoms with Crippen molar-refractivity contribution in [3.63, 3.8) is 0 Å². The molecule has 0 atom stereocenters. The Morgan fingerprint density at radius 3 is 1.72 bits per heavy atom. The van der Waals surface area contributed by atoms with Crippen molar-refractivity contribution >= 4 is 53.4 Å². The molecule has 0 unspecified atom stereocenters. The molecule has 4 nitrogen and oxygen atoms in total. The van der Waals surface area contributed by atoms with Gasteiger partial charge in [0.2, 0.25) is 0 Å². The maximum absolute atomic E-state index is 6.47. The van der Waals surface area contributed by atoms with Gasteiger partial charge >= 0.3 is 0 Å². The molecule has 3 aromatic heterocycles. The van der Waals surface area contributed by atoms with E-state index in [1.54, 1.807) is 0 Å². The first kappa shape index (κ1) is 28.6. The Bertz CT molecular complexity index is 2820. The lowest BCUT2D eigenvalue weighted by atomic mass is 9.93. The van der Waals surface area contributed by atoms with Crippen LogP contribution in [0, 0.1) is 0 Å². The predicted molar refractivity (Wildman–Crippen MR) is 207 cm³/mol. The summed E-state index contributed by atoms with van der Waals surface area (Å²) < 4.78 is 9.09. The first-order chi connectivity index (χ1) is 24.8. The van der Waals surface area contributed by atoms with Crippen LogP contribution in [0.3, 0.4) is 0 Å². The molecule has 50 heavy (non-hydrogen) atoms. The van der Waals surface area contributed by atoms with Gasteiger partial charge < -0.3 is 4.42 Å². The number of hydrogen-bond donors (Lipinski definition) is 0. The van der Waals surface area contributed by atoms with Crippen LogP contribution in [0.4, 0.5) is 0 Å². The number of thiophene rings is 1. The number of rotatable bonds is 5. The average Bonchev–Trinajstić information content (AvgIpc) is 3.76. The summed E-state index contributed by atoms with van der Waals surface area (Å²) in [5.74, 6) is 1.87. The highest BCUT2D eigenvalue weighted by molar-refractivity contribution is 7.26. The van der Waals surface area contributed by atoms with Gasteiger partial charge in [0.05, 0.1) is 0 Å². The second-order valence-electron chi connectivity index (χ2n) is 12.4. The number of aromatic nitrogens is 3. The van der Waals surface area contributed by atoms with Crippen LogP contribution in [0.25, 0.3) is 98.5 Å². The van der Waals surface area contributed by atoms with E-state index in [2.05, 4.69) is 97.1 Å². The molecule has 0 bridgehead atoms. The Morgan fingerprint density at radius 1 is 0.360 bits per heavy atom. The highest BCUT2D eigenvalue weighted by atomic mass is 32.1. The second kappa shape index (κ2) is 11.6. The fourth-order valence-electron chi connectivity index (χ4n) is 6.95. The Balaban J connectivity index is 1.09. The van der Waals surface area contributed by atoms with Crippen molar-refractivity contribution in [3.05, 3.63) is 164 Å². The smallest absolute Gasteiger partial charge is 0.164 e. The normalized spacial score (nSPS) is 11.6. The van der Waals surface area contributed by atoms with E-state index in [1.807, 2.05) is 78.1 Å². The van der Waals surface area contributed by atoms with Gasteiger partial charge in [-0.05, 0) is 47.0 Å². The van der Waals surface area contributed by atoms with Gasteiger partial charge in [-0.2, -0.15) is 0 Å². The van der Waals surface area contributed by atoms with Gasteiger partial charge in [0.25, 0.3) is 0 Å². The minimum Gasteiger partial charge on any atom is -0.456 e. The lowest BCUT2D eigenvalue weighted by Gasteiger charge is -2.11. The third-order valence-corrected chi connectivity index (χ3v) is 10.6. The number of hydrogen-bond acceptors (Lipinski definition) is 5. The van der Waals surface area contributed by atoms with Crippen molar-refractivity contribution < 1.29 is 4.42 Å². The zero-order valence-corrected chi connectivity index (χ0v) is 27.6. The molecule has 5 heteroatoms. The van der Waals surface area contributed by atoms with E-state index in [1.165, 1.54) is 36.9 Å². The number of fused-ring (bicyclic) bond motifs is 6. The third kappa shape index (κ3) is 4.79. The van der Waals surface area contributed by atoms with Crippen LogP contribution in [-0.4, -0.2) is 15.0 Å². The first-order valence-corrected chi connectivity index (χ1v) is 17.4. The van der Waals surface area contributed by atoms with Crippen LogP contribution >= 0.6 is 11.3 Å². The standard InChI is InChI=1S/C45H27N3OS/c1-3-12-28(13-4-1)43-46-44(29-14-5-2-6-15-29)48-45(47-43)31-22-24-34-38-26-30(23-25-39(38)49-40(34)27-31)32-16-7-8-17-33(32)36-19-11-20-37-35-18-9-10-21-41(35)50-42(36)37/h1-27H. The van der Waals surface area contributed by atoms with Crippen LogP contribution in [0.2, 0.25) is 0 Å². The molecule has 0 amide bonds. The molecular weight excluding hydrogens is 631 g/mol. The Labute approximate surface area is 292 Å². The molecule has 0 saturated carbocycles. The molecule has 0 aliphatic rings. The molecule has 7 aromatic carbocycles. The van der Waals surface area contributed by atoms with Gasteiger partial charge in [0, 0.05) is 53.2 Å². The minimum absolute atomic E-state index is 0.602. The summed E-state index contributed by atoms with van der Waals surface area (Å²) in [4.78, 5) is 14.7. The summed E-state index contributed by atoms with van der Waals surface area (Å²) in [5, 5.41) is 4.73. The number of benzene rings is 7. The van der Waals surface area contributed by atoms with Crippen molar-refractivity contribution in [1.82, 2.24) is 15.0 Å². The van der Waals surface area contributed by atoms with Crippen molar-refractivity contribution in [3.8, 4) is 56.4 Å². The van der Waals surface area contributed by atoms with E-state index >= 15 is 0 Å². The first-order valence-electron chi connectivity index (χ1n) is 16.6. The fourth-order valence-corrected chi connectivity index (χ4v) is 8.18. The van der Waals surface area contributed by atoms with Gasteiger partial charge in [-0.25, -0.2) is 15.0 Å². The van der Waals surface area contributed by atoms with E-state index < -0.39 is 0 Å². The summed E-state index contributed by atoms with van der Waals surface area (Å²) in [6, 6.07) is 56.9. The van der Waals surface area contributed by atoms with Crippen molar-refractivity contribution in [2.75, 3.05) is 0 Å². The van der Waals surface area contributed by atoms with E-state index in [0.29, 0.717) is 17.5 Å². The van der Waals surface area contributed by atoms with Crippen LogP contribution in [-0.2, 0) is 0 Å². The molecular formula is C45H27N3OS. The maximum atomic E-state index is 6.47. The van der Waals surface area contributed by atoms with Gasteiger partial charge in [-0.3, -0.25) is 0 Å². The molecule has 10 rings (SSSR count). The molecule has 0 N–H and O–H groups in total. The molecule has 0 spiro atoms. The summed E-state index contributed by atoms with van der Waals surface area (Å²) in [6.07, 6.45) is 0. The zero-order chi connectivity index (χ0) is 33.0. The summed E-state index contributed by atoms with van der Waals surface area (Å²) in [7, 11) is 0.